The molecule has 1 aromatic heterocycles. The van der Waals surface area contributed by atoms with Crippen LogP contribution in [0.1, 0.15) is 12.7 Å². The third-order valence-electron chi connectivity index (χ3n) is 1.39. The van der Waals surface area contributed by atoms with E-state index in [4.69, 9.17) is 16.6 Å². The Morgan fingerprint density at radius 3 is 2.93 bits per heavy atom. The highest BCUT2D eigenvalue weighted by Gasteiger charge is 1.96. The third-order valence-corrected chi connectivity index (χ3v) is 1.64. The van der Waals surface area contributed by atoms with E-state index in [0.29, 0.717) is 11.7 Å². The van der Waals surface area contributed by atoms with Gasteiger partial charge in [-0.1, -0.05) is 6.58 Å². The minimum atomic E-state index is 0.504. The molecule has 0 saturated heterocycles. The SMILES string of the molecule is C=C(C)NNC(=S)NCc1ccco1. The molecule has 3 N–H and O–H groups in total. The fourth-order valence-electron chi connectivity index (χ4n) is 0.788. The molecule has 0 amide bonds. The van der Waals surface area contributed by atoms with Crippen molar-refractivity contribution < 1.29 is 4.42 Å². The molecule has 5 heteroatoms. The Morgan fingerprint density at radius 2 is 2.36 bits per heavy atom. The largest absolute Gasteiger partial charge is 0.467 e. The molecule has 0 bridgehead atoms. The standard InChI is InChI=1S/C9H13N3OS/c1-7(2)11-12-9(14)10-6-8-4-3-5-13-8/h3-5,11H,1,6H2,2H3,(H2,10,12,14). The first-order valence-corrected chi connectivity index (χ1v) is 4.57. The predicted octanol–water partition coefficient (Wildman–Crippen LogP) is 1.28. The lowest BCUT2D eigenvalue weighted by molar-refractivity contribution is 0.502. The van der Waals surface area contributed by atoms with E-state index in [1.54, 1.807) is 6.26 Å². The lowest BCUT2D eigenvalue weighted by atomic mass is 10.4. The zero-order chi connectivity index (χ0) is 10.4. The van der Waals surface area contributed by atoms with E-state index in [9.17, 15) is 0 Å². The van der Waals surface area contributed by atoms with Crippen LogP contribution in [0.5, 0.6) is 0 Å². The Balaban J connectivity index is 2.18. The number of hydrazine groups is 1. The molecule has 0 aliphatic carbocycles. The van der Waals surface area contributed by atoms with E-state index in [0.717, 1.165) is 11.5 Å². The highest BCUT2D eigenvalue weighted by atomic mass is 32.1. The molecule has 0 saturated carbocycles. The summed E-state index contributed by atoms with van der Waals surface area (Å²) in [5.41, 5.74) is 6.37. The van der Waals surface area contributed by atoms with Crippen LogP contribution in [0.2, 0.25) is 0 Å². The number of furan rings is 1. The first-order chi connectivity index (χ1) is 6.68. The van der Waals surface area contributed by atoms with Gasteiger partial charge in [-0.3, -0.25) is 5.43 Å². The van der Waals surface area contributed by atoms with Crippen LogP contribution in [0.4, 0.5) is 0 Å². The fourth-order valence-corrected chi connectivity index (χ4v) is 0.911. The van der Waals surface area contributed by atoms with Crippen molar-refractivity contribution in [1.82, 2.24) is 16.2 Å². The summed E-state index contributed by atoms with van der Waals surface area (Å²) in [7, 11) is 0. The number of rotatable bonds is 4. The van der Waals surface area contributed by atoms with Gasteiger partial charge in [-0.05, 0) is 31.3 Å². The molecule has 0 unspecified atom stereocenters. The van der Waals surface area contributed by atoms with Crippen molar-refractivity contribution in [2.45, 2.75) is 13.5 Å². The van der Waals surface area contributed by atoms with Crippen molar-refractivity contribution in [1.29, 1.82) is 0 Å². The molecule has 4 nitrogen and oxygen atoms in total. The maximum absolute atomic E-state index is 5.12. The van der Waals surface area contributed by atoms with Gasteiger partial charge in [-0.15, -0.1) is 0 Å². The van der Waals surface area contributed by atoms with Crippen LogP contribution in [0, 0.1) is 0 Å². The smallest absolute Gasteiger partial charge is 0.185 e. The highest BCUT2D eigenvalue weighted by Crippen LogP contribution is 1.97. The van der Waals surface area contributed by atoms with Gasteiger partial charge in [0.15, 0.2) is 5.11 Å². The summed E-state index contributed by atoms with van der Waals surface area (Å²) in [5, 5.41) is 3.47. The van der Waals surface area contributed by atoms with E-state index >= 15 is 0 Å². The lowest BCUT2D eigenvalue weighted by Gasteiger charge is -2.10. The van der Waals surface area contributed by atoms with Crippen molar-refractivity contribution in [2.75, 3.05) is 0 Å². The summed E-state index contributed by atoms with van der Waals surface area (Å²) in [6.45, 7) is 6.06. The molecule has 76 valence electrons. The van der Waals surface area contributed by atoms with E-state index < -0.39 is 0 Å². The van der Waals surface area contributed by atoms with Crippen LogP contribution in [0.3, 0.4) is 0 Å². The minimum absolute atomic E-state index is 0.504. The second-order valence-corrected chi connectivity index (χ2v) is 3.20. The number of nitrogens with one attached hydrogen (secondary N) is 3. The van der Waals surface area contributed by atoms with Crippen LogP contribution in [0.15, 0.2) is 35.1 Å². The average molecular weight is 211 g/mol. The molecular formula is C9H13N3OS. The normalized spacial score (nSPS) is 9.21. The molecule has 1 rings (SSSR count). The number of hydrogen-bond donors (Lipinski definition) is 3. The van der Waals surface area contributed by atoms with Gasteiger partial charge >= 0.3 is 0 Å². The molecule has 14 heavy (non-hydrogen) atoms. The van der Waals surface area contributed by atoms with Crippen LogP contribution in [0.25, 0.3) is 0 Å². The Morgan fingerprint density at radius 1 is 1.57 bits per heavy atom. The summed E-state index contributed by atoms with van der Waals surface area (Å²) >= 11 is 4.98. The van der Waals surface area contributed by atoms with Gasteiger partial charge < -0.3 is 15.2 Å². The molecule has 1 aromatic rings. The van der Waals surface area contributed by atoms with Crippen LogP contribution in [-0.4, -0.2) is 5.11 Å². The summed E-state index contributed by atoms with van der Waals surface area (Å²) in [4.78, 5) is 0. The average Bonchev–Trinajstić information content (AvgIpc) is 2.63. The predicted molar refractivity (Wildman–Crippen MR) is 59.2 cm³/mol. The minimum Gasteiger partial charge on any atom is -0.467 e. The zero-order valence-electron chi connectivity index (χ0n) is 7.96. The molecule has 0 aliphatic heterocycles. The first kappa shape index (κ1) is 10.6. The van der Waals surface area contributed by atoms with Crippen molar-refractivity contribution in [2.24, 2.45) is 0 Å². The molecule has 0 atom stereocenters. The van der Waals surface area contributed by atoms with Gasteiger partial charge in [-0.2, -0.15) is 0 Å². The van der Waals surface area contributed by atoms with Gasteiger partial charge in [0, 0.05) is 5.70 Å². The maximum Gasteiger partial charge on any atom is 0.185 e. The number of thiocarbonyl (C=S) groups is 1. The highest BCUT2D eigenvalue weighted by molar-refractivity contribution is 7.80. The van der Waals surface area contributed by atoms with E-state index in [-0.39, 0.29) is 0 Å². The van der Waals surface area contributed by atoms with Gasteiger partial charge in [0.25, 0.3) is 0 Å². The van der Waals surface area contributed by atoms with Gasteiger partial charge in [0.05, 0.1) is 12.8 Å². The quantitative estimate of drug-likeness (QED) is 0.517. The fraction of sp³-hybridized carbons (Fsp3) is 0.222. The van der Waals surface area contributed by atoms with Crippen molar-refractivity contribution in [3.8, 4) is 0 Å². The zero-order valence-corrected chi connectivity index (χ0v) is 8.78. The molecule has 0 fully saturated rings. The van der Waals surface area contributed by atoms with Crippen molar-refractivity contribution in [3.63, 3.8) is 0 Å². The van der Waals surface area contributed by atoms with Gasteiger partial charge in [0.2, 0.25) is 0 Å². The summed E-state index contributed by atoms with van der Waals surface area (Å²) in [5.74, 6) is 0.837. The van der Waals surface area contributed by atoms with Crippen LogP contribution < -0.4 is 16.2 Å². The maximum atomic E-state index is 5.12. The molecule has 0 aromatic carbocycles. The van der Waals surface area contributed by atoms with E-state index in [1.807, 2.05) is 19.1 Å². The molecule has 0 radical (unpaired) electrons. The summed E-state index contributed by atoms with van der Waals surface area (Å²) in [6, 6.07) is 3.71. The Kier molecular flexibility index (Phi) is 4.00. The second kappa shape index (κ2) is 5.29. The monoisotopic (exact) mass is 211 g/mol. The van der Waals surface area contributed by atoms with Crippen molar-refractivity contribution >= 4 is 17.3 Å². The summed E-state index contributed by atoms with van der Waals surface area (Å²) < 4.78 is 5.12. The van der Waals surface area contributed by atoms with Crippen LogP contribution in [-0.2, 0) is 6.54 Å². The Hall–Kier alpha value is -1.49. The summed E-state index contributed by atoms with van der Waals surface area (Å²) in [6.07, 6.45) is 1.62. The topological polar surface area (TPSA) is 49.2 Å². The first-order valence-electron chi connectivity index (χ1n) is 4.16. The Labute approximate surface area is 88.3 Å². The van der Waals surface area contributed by atoms with Gasteiger partial charge in [0.1, 0.15) is 5.76 Å². The van der Waals surface area contributed by atoms with Crippen LogP contribution >= 0.6 is 12.2 Å². The van der Waals surface area contributed by atoms with Gasteiger partial charge in [-0.25, -0.2) is 0 Å². The lowest BCUT2D eigenvalue weighted by Crippen LogP contribution is -2.42. The third kappa shape index (κ3) is 3.95. The second-order valence-electron chi connectivity index (χ2n) is 2.79. The molecule has 0 spiro atoms. The Bertz CT molecular complexity index is 308. The molecular weight excluding hydrogens is 198 g/mol. The molecule has 1 heterocycles. The number of hydrogen-bond acceptors (Lipinski definition) is 3. The number of allylic oxidation sites excluding steroid dienone is 1. The van der Waals surface area contributed by atoms with E-state index in [1.165, 1.54) is 0 Å². The van der Waals surface area contributed by atoms with E-state index in [2.05, 4.69) is 22.7 Å². The molecule has 0 aliphatic rings. The van der Waals surface area contributed by atoms with Crippen molar-refractivity contribution in [3.05, 3.63) is 36.4 Å².